The van der Waals surface area contributed by atoms with E-state index in [0.29, 0.717) is 21.4 Å². The number of anilines is 1. The van der Waals surface area contributed by atoms with E-state index < -0.39 is 9.84 Å². The van der Waals surface area contributed by atoms with Crippen molar-refractivity contribution in [2.75, 3.05) is 17.8 Å². The quantitative estimate of drug-likeness (QED) is 0.303. The molecule has 0 aliphatic rings. The summed E-state index contributed by atoms with van der Waals surface area (Å²) in [5, 5.41) is 0.950. The Balaban J connectivity index is 1.65. The van der Waals surface area contributed by atoms with Crippen LogP contribution in [0.5, 0.6) is 5.75 Å². The largest absolute Gasteiger partial charge is 0.494 e. The molecule has 1 amide bonds. The van der Waals surface area contributed by atoms with E-state index in [0.717, 1.165) is 15.8 Å². The second kappa shape index (κ2) is 10.1. The zero-order valence-corrected chi connectivity index (χ0v) is 21.1. The van der Waals surface area contributed by atoms with Crippen LogP contribution in [0.15, 0.2) is 71.6 Å². The summed E-state index contributed by atoms with van der Waals surface area (Å²) in [7, 11) is -2.06. The molecule has 4 aromatic rings. The fourth-order valence-electron chi connectivity index (χ4n) is 3.52. The van der Waals surface area contributed by atoms with Crippen molar-refractivity contribution in [1.29, 1.82) is 0 Å². The minimum absolute atomic E-state index is 0.139. The number of sulfone groups is 1. The van der Waals surface area contributed by atoms with Crippen molar-refractivity contribution in [3.8, 4) is 5.75 Å². The van der Waals surface area contributed by atoms with Crippen LogP contribution in [0.1, 0.15) is 17.5 Å². The number of methoxy groups -OCH3 is 1. The van der Waals surface area contributed by atoms with Gasteiger partial charge in [-0.2, -0.15) is 0 Å². The van der Waals surface area contributed by atoms with Crippen LogP contribution in [0.3, 0.4) is 0 Å². The number of aromatic nitrogens is 1. The number of amides is 1. The van der Waals surface area contributed by atoms with E-state index in [-0.39, 0.29) is 29.5 Å². The van der Waals surface area contributed by atoms with Gasteiger partial charge in [0.05, 0.1) is 29.0 Å². The van der Waals surface area contributed by atoms with Gasteiger partial charge in [-0.15, -0.1) is 0 Å². The Morgan fingerprint density at radius 1 is 1.06 bits per heavy atom. The van der Waals surface area contributed by atoms with Crippen molar-refractivity contribution < 1.29 is 17.9 Å². The fourth-order valence-corrected chi connectivity index (χ4v) is 5.95. The van der Waals surface area contributed by atoms with Crippen LogP contribution in [0, 0.1) is 6.92 Å². The van der Waals surface area contributed by atoms with E-state index >= 15 is 0 Å². The highest BCUT2D eigenvalue weighted by Gasteiger charge is 2.24. The third-order valence-corrected chi connectivity index (χ3v) is 8.58. The molecule has 34 heavy (non-hydrogen) atoms. The van der Waals surface area contributed by atoms with Gasteiger partial charge in [0.2, 0.25) is 5.91 Å². The molecule has 0 saturated carbocycles. The van der Waals surface area contributed by atoms with Crippen LogP contribution >= 0.6 is 22.9 Å². The number of ether oxygens (including phenoxy) is 1. The number of carbonyl (C=O) groups is 1. The Hall–Kier alpha value is -2.94. The van der Waals surface area contributed by atoms with Gasteiger partial charge in [0.1, 0.15) is 11.3 Å². The Bertz CT molecular complexity index is 1420. The SMILES string of the molecule is COc1ccc(C)c2sc(N(Cc3ccccc3)C(=O)CCS(=O)(=O)c3ccc(Cl)cc3)nc12. The summed E-state index contributed by atoms with van der Waals surface area (Å²) in [4.78, 5) is 19.8. The predicted molar refractivity (Wildman–Crippen MR) is 137 cm³/mol. The van der Waals surface area contributed by atoms with Crippen LogP contribution in [-0.4, -0.2) is 32.2 Å². The lowest BCUT2D eigenvalue weighted by Crippen LogP contribution is -2.31. The average Bonchev–Trinajstić information content (AvgIpc) is 3.28. The number of hydrogen-bond acceptors (Lipinski definition) is 6. The van der Waals surface area contributed by atoms with Gasteiger partial charge in [0.25, 0.3) is 0 Å². The average molecular weight is 515 g/mol. The van der Waals surface area contributed by atoms with Gasteiger partial charge >= 0.3 is 0 Å². The molecular formula is C25H23ClN2O4S2. The lowest BCUT2D eigenvalue weighted by atomic mass is 10.2. The minimum atomic E-state index is -3.65. The van der Waals surface area contributed by atoms with Gasteiger partial charge < -0.3 is 4.74 Å². The predicted octanol–water partition coefficient (Wildman–Crippen LogP) is 5.66. The summed E-state index contributed by atoms with van der Waals surface area (Å²) >= 11 is 7.26. The maximum Gasteiger partial charge on any atom is 0.230 e. The summed E-state index contributed by atoms with van der Waals surface area (Å²) in [6.07, 6.45) is -0.177. The summed E-state index contributed by atoms with van der Waals surface area (Å²) in [6, 6.07) is 19.3. The molecule has 6 nitrogen and oxygen atoms in total. The molecule has 0 atom stereocenters. The Morgan fingerprint density at radius 2 is 1.76 bits per heavy atom. The highest BCUT2D eigenvalue weighted by molar-refractivity contribution is 7.91. The zero-order valence-electron chi connectivity index (χ0n) is 18.7. The van der Waals surface area contributed by atoms with Crippen molar-refractivity contribution in [3.63, 3.8) is 0 Å². The maximum atomic E-state index is 13.4. The van der Waals surface area contributed by atoms with Crippen LogP contribution in [-0.2, 0) is 21.2 Å². The second-order valence-corrected chi connectivity index (χ2v) is 11.3. The standard InChI is InChI=1S/C25H23ClN2O4S2/c1-17-8-13-21(32-2)23-24(17)33-25(27-23)28(16-18-6-4-3-5-7-18)22(29)14-15-34(30,31)20-11-9-19(26)10-12-20/h3-13H,14-16H2,1-2H3. The molecule has 176 valence electrons. The number of halogens is 1. The van der Waals surface area contributed by atoms with Crippen molar-refractivity contribution in [2.24, 2.45) is 0 Å². The number of carbonyl (C=O) groups excluding carboxylic acids is 1. The lowest BCUT2D eigenvalue weighted by Gasteiger charge is -2.20. The van der Waals surface area contributed by atoms with Crippen molar-refractivity contribution >= 4 is 54.0 Å². The normalized spacial score (nSPS) is 11.5. The molecule has 0 spiro atoms. The third kappa shape index (κ3) is 5.24. The fraction of sp³-hybridized carbons (Fsp3) is 0.200. The summed E-state index contributed by atoms with van der Waals surface area (Å²) in [6.45, 7) is 2.26. The van der Waals surface area contributed by atoms with Crippen molar-refractivity contribution in [3.05, 3.63) is 82.9 Å². The maximum absolute atomic E-state index is 13.4. The Morgan fingerprint density at radius 3 is 2.44 bits per heavy atom. The first-order valence-corrected chi connectivity index (χ1v) is 13.4. The highest BCUT2D eigenvalue weighted by Crippen LogP contribution is 2.37. The van der Waals surface area contributed by atoms with E-state index in [1.807, 2.05) is 49.4 Å². The van der Waals surface area contributed by atoms with E-state index in [1.165, 1.54) is 35.6 Å². The van der Waals surface area contributed by atoms with Gasteiger partial charge in [-0.05, 0) is 48.4 Å². The van der Waals surface area contributed by atoms with E-state index in [1.54, 1.807) is 12.0 Å². The summed E-state index contributed by atoms with van der Waals surface area (Å²) in [5.41, 5.74) is 2.62. The second-order valence-electron chi connectivity index (χ2n) is 7.75. The summed E-state index contributed by atoms with van der Waals surface area (Å²) < 4.78 is 32.0. The van der Waals surface area contributed by atoms with E-state index in [2.05, 4.69) is 0 Å². The number of thiazole rings is 1. The molecule has 0 aliphatic carbocycles. The number of hydrogen-bond donors (Lipinski definition) is 0. The Kier molecular flexibility index (Phi) is 7.21. The van der Waals surface area contributed by atoms with Gasteiger partial charge in [0, 0.05) is 11.4 Å². The molecule has 1 aromatic heterocycles. The van der Waals surface area contributed by atoms with Crippen LogP contribution in [0.4, 0.5) is 5.13 Å². The molecule has 0 radical (unpaired) electrons. The topological polar surface area (TPSA) is 76.6 Å². The highest BCUT2D eigenvalue weighted by atomic mass is 35.5. The molecule has 0 unspecified atom stereocenters. The molecule has 9 heteroatoms. The number of nitrogens with zero attached hydrogens (tertiary/aromatic N) is 2. The molecular weight excluding hydrogens is 492 g/mol. The molecule has 0 saturated heterocycles. The monoisotopic (exact) mass is 514 g/mol. The van der Waals surface area contributed by atoms with Gasteiger partial charge in [0.15, 0.2) is 15.0 Å². The molecule has 1 heterocycles. The smallest absolute Gasteiger partial charge is 0.230 e. The summed E-state index contributed by atoms with van der Waals surface area (Å²) in [5.74, 6) is -0.0102. The lowest BCUT2D eigenvalue weighted by molar-refractivity contribution is -0.118. The van der Waals surface area contributed by atoms with E-state index in [9.17, 15) is 13.2 Å². The van der Waals surface area contributed by atoms with Crippen molar-refractivity contribution in [2.45, 2.75) is 24.8 Å². The van der Waals surface area contributed by atoms with Gasteiger partial charge in [-0.3, -0.25) is 9.69 Å². The first kappa shape index (κ1) is 24.2. The number of benzene rings is 3. The minimum Gasteiger partial charge on any atom is -0.494 e. The Labute approximate surface area is 207 Å². The molecule has 4 rings (SSSR count). The van der Waals surface area contributed by atoms with Crippen LogP contribution in [0.25, 0.3) is 10.2 Å². The van der Waals surface area contributed by atoms with Gasteiger partial charge in [-0.1, -0.05) is 59.3 Å². The molecule has 0 aliphatic heterocycles. The van der Waals surface area contributed by atoms with Crippen LogP contribution in [0.2, 0.25) is 5.02 Å². The van der Waals surface area contributed by atoms with Crippen molar-refractivity contribution in [1.82, 2.24) is 4.98 Å². The molecule has 3 aromatic carbocycles. The first-order valence-electron chi connectivity index (χ1n) is 10.6. The molecule has 0 fully saturated rings. The van der Waals surface area contributed by atoms with Gasteiger partial charge in [-0.25, -0.2) is 13.4 Å². The first-order chi connectivity index (χ1) is 16.3. The number of aryl methyl sites for hydroxylation is 1. The van der Waals surface area contributed by atoms with E-state index in [4.69, 9.17) is 21.3 Å². The number of fused-ring (bicyclic) bond motifs is 1. The molecule has 0 N–H and O–H groups in total. The molecule has 0 bridgehead atoms. The number of rotatable bonds is 8. The third-order valence-electron chi connectivity index (χ3n) is 5.38. The van der Waals surface area contributed by atoms with Crippen LogP contribution < -0.4 is 9.64 Å². The zero-order chi connectivity index (χ0) is 24.3.